The first-order chi connectivity index (χ1) is 9.45. The Bertz CT molecular complexity index is 484. The van der Waals surface area contributed by atoms with Crippen LogP contribution in [0, 0.1) is 0 Å². The molecule has 0 unspecified atom stereocenters. The van der Waals surface area contributed by atoms with Crippen LogP contribution in [0.4, 0.5) is 0 Å². The highest BCUT2D eigenvalue weighted by molar-refractivity contribution is 7.89. The van der Waals surface area contributed by atoms with E-state index >= 15 is 0 Å². The van der Waals surface area contributed by atoms with Gasteiger partial charge in [-0.3, -0.25) is 0 Å². The molecule has 114 valence electrons. The Balaban J connectivity index is 2.47. The zero-order valence-corrected chi connectivity index (χ0v) is 13.1. The summed E-state index contributed by atoms with van der Waals surface area (Å²) in [5.41, 5.74) is 6.52. The van der Waals surface area contributed by atoms with Crippen molar-refractivity contribution in [3.63, 3.8) is 0 Å². The summed E-state index contributed by atoms with van der Waals surface area (Å²) >= 11 is 0. The van der Waals surface area contributed by atoms with Gasteiger partial charge in [-0.25, -0.2) is 13.1 Å². The molecule has 5 nitrogen and oxygen atoms in total. The molecule has 0 atom stereocenters. The average Bonchev–Trinajstić information content (AvgIpc) is 2.39. The van der Waals surface area contributed by atoms with Crippen LogP contribution < -0.4 is 10.5 Å². The molecule has 0 bridgehead atoms. The van der Waals surface area contributed by atoms with Crippen LogP contribution in [0.1, 0.15) is 18.4 Å². The third-order valence-electron chi connectivity index (χ3n) is 2.99. The second-order valence-electron chi connectivity index (χ2n) is 5.09. The van der Waals surface area contributed by atoms with Crippen molar-refractivity contribution in [1.29, 1.82) is 0 Å². The fourth-order valence-electron chi connectivity index (χ4n) is 1.84. The molecule has 0 fully saturated rings. The number of hydrogen-bond donors (Lipinski definition) is 2. The Morgan fingerprint density at radius 3 is 2.35 bits per heavy atom. The summed E-state index contributed by atoms with van der Waals surface area (Å²) in [6, 6.07) is 6.89. The summed E-state index contributed by atoms with van der Waals surface area (Å²) in [7, 11) is 0.626. The molecule has 6 heteroatoms. The van der Waals surface area contributed by atoms with Crippen molar-refractivity contribution in [2.75, 3.05) is 33.7 Å². The van der Waals surface area contributed by atoms with Crippen LogP contribution in [-0.2, 0) is 16.4 Å². The summed E-state index contributed by atoms with van der Waals surface area (Å²) in [6.07, 6.45) is 2.58. The Hall–Kier alpha value is -0.950. The third-order valence-corrected chi connectivity index (χ3v) is 4.47. The normalized spacial score (nSPS) is 12.0. The molecule has 1 aromatic carbocycles. The highest BCUT2D eigenvalue weighted by Crippen LogP contribution is 2.10. The molecule has 0 saturated carbocycles. The van der Waals surface area contributed by atoms with E-state index in [1.165, 1.54) is 0 Å². The number of sulfonamides is 1. The number of benzene rings is 1. The molecule has 0 radical (unpaired) electrons. The first-order valence-electron chi connectivity index (χ1n) is 6.89. The second-order valence-corrected chi connectivity index (χ2v) is 6.86. The highest BCUT2D eigenvalue weighted by atomic mass is 32.2. The quantitative estimate of drug-likeness (QED) is 0.662. The first-order valence-corrected chi connectivity index (χ1v) is 8.37. The molecule has 0 aromatic heterocycles. The van der Waals surface area contributed by atoms with E-state index in [-0.39, 0.29) is 0 Å². The van der Waals surface area contributed by atoms with Crippen molar-refractivity contribution in [2.24, 2.45) is 5.73 Å². The van der Waals surface area contributed by atoms with Gasteiger partial charge in [-0.2, -0.15) is 0 Å². The minimum absolute atomic E-state index is 0.311. The summed E-state index contributed by atoms with van der Waals surface area (Å²) in [5.74, 6) is 0. The van der Waals surface area contributed by atoms with E-state index in [9.17, 15) is 8.42 Å². The minimum atomic E-state index is -3.39. The van der Waals surface area contributed by atoms with Crippen LogP contribution >= 0.6 is 0 Å². The number of hydrogen-bond acceptors (Lipinski definition) is 4. The van der Waals surface area contributed by atoms with Gasteiger partial charge in [0.15, 0.2) is 0 Å². The second kappa shape index (κ2) is 8.36. The zero-order valence-electron chi connectivity index (χ0n) is 12.3. The molecule has 1 aromatic rings. The molecule has 0 aliphatic carbocycles. The van der Waals surface area contributed by atoms with Crippen molar-refractivity contribution >= 4 is 10.0 Å². The molecular formula is C14H25N3O2S. The van der Waals surface area contributed by atoms with Crippen molar-refractivity contribution in [3.05, 3.63) is 29.8 Å². The number of rotatable bonds is 9. The van der Waals surface area contributed by atoms with Crippen molar-refractivity contribution in [1.82, 2.24) is 9.62 Å². The number of nitrogens with two attached hydrogens (primary N) is 1. The van der Waals surface area contributed by atoms with Crippen molar-refractivity contribution < 1.29 is 8.42 Å². The molecule has 0 aliphatic heterocycles. The van der Waals surface area contributed by atoms with Gasteiger partial charge in [0.2, 0.25) is 10.0 Å². The Morgan fingerprint density at radius 2 is 1.80 bits per heavy atom. The number of nitrogens with zero attached hydrogens (tertiary/aromatic N) is 1. The fraction of sp³-hybridized carbons (Fsp3) is 0.571. The number of unbranched alkanes of at least 4 members (excludes halogenated alkanes) is 1. The lowest BCUT2D eigenvalue weighted by atomic mass is 10.2. The van der Waals surface area contributed by atoms with Crippen LogP contribution in [0.25, 0.3) is 0 Å². The van der Waals surface area contributed by atoms with Crippen LogP contribution in [0.15, 0.2) is 29.2 Å². The topological polar surface area (TPSA) is 75.4 Å². The fourth-order valence-corrected chi connectivity index (χ4v) is 2.92. The van der Waals surface area contributed by atoms with E-state index in [2.05, 4.69) is 9.62 Å². The summed E-state index contributed by atoms with van der Waals surface area (Å²) < 4.78 is 26.7. The van der Waals surface area contributed by atoms with E-state index in [0.29, 0.717) is 18.0 Å². The summed E-state index contributed by atoms with van der Waals surface area (Å²) in [5, 5.41) is 0. The van der Waals surface area contributed by atoms with E-state index in [1.54, 1.807) is 12.1 Å². The average molecular weight is 299 g/mol. The largest absolute Gasteiger partial charge is 0.330 e. The van der Waals surface area contributed by atoms with Gasteiger partial charge in [0, 0.05) is 6.54 Å². The van der Waals surface area contributed by atoms with Gasteiger partial charge in [0.25, 0.3) is 0 Å². The molecule has 0 aliphatic rings. The van der Waals surface area contributed by atoms with E-state index in [4.69, 9.17) is 5.73 Å². The van der Waals surface area contributed by atoms with Gasteiger partial charge in [0.1, 0.15) is 0 Å². The molecule has 0 spiro atoms. The Kier molecular flexibility index (Phi) is 7.15. The Morgan fingerprint density at radius 1 is 1.15 bits per heavy atom. The smallest absolute Gasteiger partial charge is 0.240 e. The van der Waals surface area contributed by atoms with Crippen molar-refractivity contribution in [3.8, 4) is 0 Å². The summed E-state index contributed by atoms with van der Waals surface area (Å²) in [6.45, 7) is 2.01. The predicted molar refractivity (Wildman–Crippen MR) is 82.2 cm³/mol. The molecule has 0 saturated heterocycles. The van der Waals surface area contributed by atoms with E-state index in [1.807, 2.05) is 26.2 Å². The maximum Gasteiger partial charge on any atom is 0.240 e. The van der Waals surface area contributed by atoms with Gasteiger partial charge in [0.05, 0.1) is 4.90 Å². The molecule has 0 heterocycles. The lowest BCUT2D eigenvalue weighted by Crippen LogP contribution is -2.25. The minimum Gasteiger partial charge on any atom is -0.330 e. The van der Waals surface area contributed by atoms with Crippen LogP contribution in [0.2, 0.25) is 0 Å². The monoisotopic (exact) mass is 299 g/mol. The molecule has 0 amide bonds. The van der Waals surface area contributed by atoms with Gasteiger partial charge < -0.3 is 10.6 Å². The van der Waals surface area contributed by atoms with Crippen LogP contribution in [-0.4, -0.2) is 47.0 Å². The standard InChI is InChI=1S/C14H25N3O2S/c1-17(2)12-4-3-11-16-20(18,19)14-7-5-13(6-8-14)9-10-15/h5-8,16H,3-4,9-12,15H2,1-2H3. The third kappa shape index (κ3) is 6.00. The maximum atomic E-state index is 12.1. The molecular weight excluding hydrogens is 274 g/mol. The first kappa shape index (κ1) is 17.1. The number of nitrogens with one attached hydrogen (secondary N) is 1. The highest BCUT2D eigenvalue weighted by Gasteiger charge is 2.12. The van der Waals surface area contributed by atoms with Gasteiger partial charge in [-0.1, -0.05) is 12.1 Å². The molecule has 1 rings (SSSR count). The summed E-state index contributed by atoms with van der Waals surface area (Å²) in [4.78, 5) is 2.40. The predicted octanol–water partition coefficient (Wildman–Crippen LogP) is 0.808. The lowest BCUT2D eigenvalue weighted by molar-refractivity contribution is 0.394. The van der Waals surface area contributed by atoms with Gasteiger partial charge in [-0.15, -0.1) is 0 Å². The SMILES string of the molecule is CN(C)CCCCNS(=O)(=O)c1ccc(CCN)cc1. The maximum absolute atomic E-state index is 12.1. The van der Waals surface area contributed by atoms with Crippen LogP contribution in [0.3, 0.4) is 0 Å². The lowest BCUT2D eigenvalue weighted by Gasteiger charge is -2.10. The van der Waals surface area contributed by atoms with Gasteiger partial charge >= 0.3 is 0 Å². The molecule has 3 N–H and O–H groups in total. The van der Waals surface area contributed by atoms with E-state index < -0.39 is 10.0 Å². The Labute approximate surface area is 122 Å². The van der Waals surface area contributed by atoms with Crippen molar-refractivity contribution in [2.45, 2.75) is 24.2 Å². The van der Waals surface area contributed by atoms with E-state index in [0.717, 1.165) is 31.4 Å². The molecule has 20 heavy (non-hydrogen) atoms. The van der Waals surface area contributed by atoms with Crippen LogP contribution in [0.5, 0.6) is 0 Å². The van der Waals surface area contributed by atoms with Gasteiger partial charge in [-0.05, 0) is 64.1 Å². The zero-order chi connectivity index (χ0) is 15.0.